The minimum atomic E-state index is -1.59. The highest BCUT2D eigenvalue weighted by molar-refractivity contribution is 7.46. The maximum Gasteiger partial charge on any atom is 0.246 e. The topological polar surface area (TPSA) is 9.23 Å². The molecule has 9 radical (unpaired) electrons. The van der Waals surface area contributed by atoms with Crippen molar-refractivity contribution < 1.29 is 4.43 Å². The van der Waals surface area contributed by atoms with Crippen LogP contribution in [0.15, 0.2) is 11.3 Å². The lowest BCUT2D eigenvalue weighted by Gasteiger charge is -2.49. The van der Waals surface area contributed by atoms with Crippen molar-refractivity contribution in [1.29, 1.82) is 0 Å². The van der Waals surface area contributed by atoms with Crippen LogP contribution < -0.4 is 0 Å². The molecule has 0 aromatic heterocycles. The van der Waals surface area contributed by atoms with Gasteiger partial charge in [0.05, 0.1) is 12.3 Å². The van der Waals surface area contributed by atoms with E-state index in [-0.39, 0.29) is 5.22 Å². The van der Waals surface area contributed by atoms with Crippen LogP contribution >= 0.6 is 0 Å². The number of hydrogen-bond donors (Lipinski definition) is 0. The molecule has 0 N–H and O–H groups in total. The van der Waals surface area contributed by atoms with Crippen molar-refractivity contribution in [2.45, 2.75) is 19.1 Å². The summed E-state index contributed by atoms with van der Waals surface area (Å²) in [5.74, 6) is 0. The van der Waals surface area contributed by atoms with Gasteiger partial charge in [-0.05, 0) is 13.8 Å². The molecule has 0 amide bonds. The smallest absolute Gasteiger partial charge is 0.246 e. The average molecular weight is 195 g/mol. The zero-order valence-electron chi connectivity index (χ0n) is 5.99. The normalized spacial score (nSPS) is 36.7. The van der Waals surface area contributed by atoms with Crippen LogP contribution in [0.5, 0.6) is 0 Å². The summed E-state index contributed by atoms with van der Waals surface area (Å²) in [5, 5.41) is -0.141. The Bertz CT molecular complexity index is 188. The van der Waals surface area contributed by atoms with Crippen molar-refractivity contribution in [3.8, 4) is 0 Å². The van der Waals surface area contributed by atoms with Crippen molar-refractivity contribution in [3.05, 3.63) is 11.3 Å². The lowest BCUT2D eigenvalue weighted by molar-refractivity contribution is 0.221. The van der Waals surface area contributed by atoms with Crippen LogP contribution in [-0.4, -0.2) is 42.3 Å². The van der Waals surface area contributed by atoms with Gasteiger partial charge in [-0.1, -0.05) is 11.3 Å². The molecule has 0 unspecified atom stereocenters. The van der Waals surface area contributed by atoms with Crippen LogP contribution in [0, 0.1) is 0 Å². The predicted octanol–water partition coefficient (Wildman–Crippen LogP) is -0.337. The molecule has 10 heavy (non-hydrogen) atoms. The van der Waals surface area contributed by atoms with Gasteiger partial charge in [0.2, 0.25) is 10.5 Å². The first-order valence-corrected chi connectivity index (χ1v) is 8.47. The quantitative estimate of drug-likeness (QED) is 0.521. The third kappa shape index (κ3) is 0.883. The second-order valence-corrected chi connectivity index (χ2v) is 12.1. The van der Waals surface area contributed by atoms with E-state index < -0.39 is 7.11 Å². The number of rotatable bonds is 1. The maximum absolute atomic E-state index is 5.20. The Morgan fingerprint density at radius 1 is 1.60 bits per heavy atom. The maximum atomic E-state index is 5.20. The Labute approximate surface area is 72.2 Å². The van der Waals surface area contributed by atoms with E-state index in [0.29, 0.717) is 0 Å². The fourth-order valence-electron chi connectivity index (χ4n) is 0.994. The first kappa shape index (κ1) is 8.66. The van der Waals surface area contributed by atoms with Gasteiger partial charge in [-0.2, -0.15) is 0 Å². The van der Waals surface area contributed by atoms with Crippen molar-refractivity contribution in [3.63, 3.8) is 0 Å². The van der Waals surface area contributed by atoms with E-state index in [0.717, 1.165) is 0 Å². The highest BCUT2D eigenvalue weighted by Gasteiger charge is 2.49. The molecule has 1 rings (SSSR count). The molecule has 0 saturated carbocycles. The van der Waals surface area contributed by atoms with Gasteiger partial charge in [0, 0.05) is 19.5 Å². The van der Waals surface area contributed by atoms with E-state index in [1.807, 2.05) is 0 Å². The van der Waals surface area contributed by atoms with Gasteiger partial charge < -0.3 is 4.43 Å². The lowest BCUT2D eigenvalue weighted by atomic mass is 10.2. The zero-order chi connectivity index (χ0) is 7.99. The summed E-state index contributed by atoms with van der Waals surface area (Å²) in [4.78, 5) is 0. The van der Waals surface area contributed by atoms with E-state index in [4.69, 9.17) is 4.43 Å². The van der Waals surface area contributed by atoms with Gasteiger partial charge in [-0.25, -0.2) is 0 Å². The molecule has 1 heterocycles. The predicted molar refractivity (Wildman–Crippen MR) is 46.3 cm³/mol. The van der Waals surface area contributed by atoms with Crippen LogP contribution in [0.1, 0.15) is 13.8 Å². The van der Waals surface area contributed by atoms with Crippen LogP contribution in [0.4, 0.5) is 0 Å². The van der Waals surface area contributed by atoms with E-state index in [1.165, 1.54) is 5.57 Å². The van der Waals surface area contributed by atoms with Gasteiger partial charge in [0.15, 0.2) is 0 Å². The van der Waals surface area contributed by atoms with Gasteiger partial charge in [-0.15, -0.1) is 0 Å². The Morgan fingerprint density at radius 2 is 2.10 bits per heavy atom. The Hall–Kier alpha value is 0.568. The second-order valence-electron chi connectivity index (χ2n) is 2.77. The van der Waals surface area contributed by atoms with Gasteiger partial charge >= 0.3 is 0 Å². The molecule has 0 aromatic carbocycles. The van der Waals surface area contributed by atoms with Crippen LogP contribution in [0.2, 0.25) is 0 Å². The monoisotopic (exact) mass is 195 g/mol. The minimum Gasteiger partial charge on any atom is -0.413 e. The van der Waals surface area contributed by atoms with Gasteiger partial charge in [-0.3, -0.25) is 0 Å². The van der Waals surface area contributed by atoms with E-state index in [9.17, 15) is 0 Å². The van der Waals surface area contributed by atoms with E-state index in [1.54, 1.807) is 0 Å². The van der Waals surface area contributed by atoms with Crippen LogP contribution in [0.25, 0.3) is 0 Å². The fourth-order valence-corrected chi connectivity index (χ4v) is 6.87. The first-order chi connectivity index (χ1) is 4.44. The Balaban J connectivity index is 2.92. The Kier molecular flexibility index (Phi) is 1.97. The van der Waals surface area contributed by atoms with Crippen molar-refractivity contribution in [2.75, 3.05) is 0 Å². The van der Waals surface area contributed by atoms with Crippen molar-refractivity contribution >= 4 is 37.1 Å². The molecule has 1 aliphatic rings. The third-order valence-electron chi connectivity index (χ3n) is 2.14. The molecule has 49 valence electrons. The van der Waals surface area contributed by atoms with Crippen LogP contribution in [0.3, 0.4) is 0 Å². The zero-order valence-corrected chi connectivity index (χ0v) is 9.99. The fraction of sp³-hybridized carbons (Fsp3) is 0.600. The first-order valence-electron chi connectivity index (χ1n) is 2.99. The molecule has 0 spiro atoms. The standard InChI is InChI=1S/C5H7OSi4/c1-4-3-10(8,9)5(4,2)6-7/h3H,1-2H3/t5-/m1/s1. The Morgan fingerprint density at radius 3 is 2.20 bits per heavy atom. The molecule has 1 nitrogen and oxygen atoms in total. The molecule has 0 fully saturated rings. The summed E-state index contributed by atoms with van der Waals surface area (Å²) in [6, 6.07) is 0. The highest BCUT2D eigenvalue weighted by atomic mass is 29.6. The van der Waals surface area contributed by atoms with Gasteiger partial charge in [0.25, 0.3) is 0 Å². The van der Waals surface area contributed by atoms with Crippen LogP contribution in [-0.2, 0) is 4.43 Å². The van der Waals surface area contributed by atoms with Crippen molar-refractivity contribution in [2.24, 2.45) is 0 Å². The van der Waals surface area contributed by atoms with E-state index >= 15 is 0 Å². The average Bonchev–Trinajstić information content (AvgIpc) is 1.85. The second kappa shape index (κ2) is 2.28. The molecule has 0 bridgehead atoms. The molecular formula is C5H7OSi4. The van der Waals surface area contributed by atoms with E-state index in [2.05, 4.69) is 49.6 Å². The molecule has 0 aromatic rings. The summed E-state index contributed by atoms with van der Waals surface area (Å²) < 4.78 is 5.20. The molecule has 0 aliphatic carbocycles. The largest absolute Gasteiger partial charge is 0.413 e. The summed E-state index contributed by atoms with van der Waals surface area (Å²) in [7, 11) is 8.81. The summed E-state index contributed by atoms with van der Waals surface area (Å²) >= 11 is 0. The van der Waals surface area contributed by atoms with Gasteiger partial charge in [0.1, 0.15) is 0 Å². The lowest BCUT2D eigenvalue weighted by Crippen LogP contribution is -2.66. The molecule has 5 heteroatoms. The molecule has 1 aliphatic heterocycles. The molecule has 0 saturated heterocycles. The summed E-state index contributed by atoms with van der Waals surface area (Å²) in [6.45, 7) is 4.12. The molecule has 1 atom stereocenters. The minimum absolute atomic E-state index is 0.141. The summed E-state index contributed by atoms with van der Waals surface area (Å²) in [5.41, 5.74) is 3.46. The third-order valence-corrected chi connectivity index (χ3v) is 9.35. The van der Waals surface area contributed by atoms with Crippen molar-refractivity contribution in [1.82, 2.24) is 0 Å². The summed E-state index contributed by atoms with van der Waals surface area (Å²) in [6.07, 6.45) is 0. The SMILES string of the molecule is CC1=C[Si]([Si])([Si])[C@@]1(C)O[Si]. The molecular weight excluding hydrogens is 188 g/mol. The highest BCUT2D eigenvalue weighted by Crippen LogP contribution is 2.37. The number of hydrogen-bond acceptors (Lipinski definition) is 1.